The summed E-state index contributed by atoms with van der Waals surface area (Å²) in [6.07, 6.45) is 0. The summed E-state index contributed by atoms with van der Waals surface area (Å²) in [7, 11) is 5.11. The highest BCUT2D eigenvalue weighted by Gasteiger charge is 2.21. The van der Waals surface area contributed by atoms with Crippen molar-refractivity contribution in [2.45, 2.75) is 17.3 Å². The molecule has 7 heteroatoms. The molecule has 3 rings (SSSR count). The molecule has 0 aliphatic rings. The molecule has 0 spiro atoms. The first-order valence-electron chi connectivity index (χ1n) is 8.43. The van der Waals surface area contributed by atoms with E-state index in [0.717, 1.165) is 17.1 Å². The lowest BCUT2D eigenvalue weighted by Gasteiger charge is -2.11. The number of thioether (sulfide) groups is 1. The van der Waals surface area contributed by atoms with Crippen LogP contribution in [-0.2, 0) is 7.05 Å². The van der Waals surface area contributed by atoms with Crippen LogP contribution in [-0.4, -0.2) is 40.0 Å². The van der Waals surface area contributed by atoms with Crippen LogP contribution in [0.1, 0.15) is 17.3 Å². The molecule has 0 aliphatic heterocycles. The van der Waals surface area contributed by atoms with Crippen molar-refractivity contribution in [1.29, 1.82) is 0 Å². The minimum Gasteiger partial charge on any atom is -0.497 e. The first kappa shape index (κ1) is 19.0. The Balaban J connectivity index is 1.79. The third-order valence-corrected chi connectivity index (χ3v) is 5.34. The first-order valence-corrected chi connectivity index (χ1v) is 9.30. The van der Waals surface area contributed by atoms with Crippen LogP contribution < -0.4 is 9.47 Å². The van der Waals surface area contributed by atoms with Gasteiger partial charge in [-0.2, -0.15) is 0 Å². The molecular formula is C20H21N3O3S. The van der Waals surface area contributed by atoms with Crippen molar-refractivity contribution < 1.29 is 14.3 Å². The molecule has 1 heterocycles. The highest BCUT2D eigenvalue weighted by atomic mass is 32.2. The molecule has 0 fully saturated rings. The molecule has 140 valence electrons. The molecule has 0 radical (unpaired) electrons. The van der Waals surface area contributed by atoms with Gasteiger partial charge in [0.25, 0.3) is 0 Å². The van der Waals surface area contributed by atoms with Crippen LogP contribution in [0, 0.1) is 0 Å². The predicted molar refractivity (Wildman–Crippen MR) is 106 cm³/mol. The number of rotatable bonds is 7. The number of hydrogen-bond acceptors (Lipinski definition) is 6. The normalized spacial score (nSPS) is 11.9. The Morgan fingerprint density at radius 1 is 1.04 bits per heavy atom. The van der Waals surface area contributed by atoms with Crippen molar-refractivity contribution >= 4 is 17.5 Å². The van der Waals surface area contributed by atoms with Crippen LogP contribution in [0.15, 0.2) is 53.7 Å². The Morgan fingerprint density at radius 2 is 1.74 bits per heavy atom. The standard InChI is InChI=1S/C20H21N3O3S/c1-13(18(24)14-9-11-15(25-3)12-10-14)27-20-22-21-19(23(20)2)16-7-5-6-8-17(16)26-4/h5-13H,1-4H3. The van der Waals surface area contributed by atoms with Gasteiger partial charge in [-0.25, -0.2) is 0 Å². The highest BCUT2D eigenvalue weighted by molar-refractivity contribution is 8.00. The van der Waals surface area contributed by atoms with Crippen LogP contribution >= 0.6 is 11.8 Å². The monoisotopic (exact) mass is 383 g/mol. The number of ether oxygens (including phenoxy) is 2. The predicted octanol–water partition coefficient (Wildman–Crippen LogP) is 3.86. The first-order chi connectivity index (χ1) is 13.0. The van der Waals surface area contributed by atoms with Crippen molar-refractivity contribution in [3.05, 3.63) is 54.1 Å². The summed E-state index contributed by atoms with van der Waals surface area (Å²) in [6.45, 7) is 1.87. The zero-order valence-corrected chi connectivity index (χ0v) is 16.5. The van der Waals surface area contributed by atoms with E-state index in [9.17, 15) is 4.79 Å². The van der Waals surface area contributed by atoms with E-state index >= 15 is 0 Å². The summed E-state index contributed by atoms with van der Waals surface area (Å²) in [5.74, 6) is 2.18. The summed E-state index contributed by atoms with van der Waals surface area (Å²) in [6, 6.07) is 14.8. The van der Waals surface area contributed by atoms with Crippen LogP contribution in [0.25, 0.3) is 11.4 Å². The van der Waals surface area contributed by atoms with E-state index in [1.165, 1.54) is 11.8 Å². The number of nitrogens with zero attached hydrogens (tertiary/aromatic N) is 3. The van der Waals surface area contributed by atoms with Crippen molar-refractivity contribution in [2.75, 3.05) is 14.2 Å². The summed E-state index contributed by atoms with van der Waals surface area (Å²) >= 11 is 1.38. The third kappa shape index (κ3) is 3.98. The van der Waals surface area contributed by atoms with E-state index in [2.05, 4.69) is 10.2 Å². The Kier molecular flexibility index (Phi) is 5.81. The SMILES string of the molecule is COc1ccc(C(=O)C(C)Sc2nnc(-c3ccccc3OC)n2C)cc1. The van der Waals surface area contributed by atoms with Gasteiger partial charge >= 0.3 is 0 Å². The lowest BCUT2D eigenvalue weighted by Crippen LogP contribution is -2.14. The molecule has 0 aliphatic carbocycles. The number of hydrogen-bond donors (Lipinski definition) is 0. The van der Waals surface area contributed by atoms with Crippen molar-refractivity contribution in [3.8, 4) is 22.9 Å². The zero-order valence-electron chi connectivity index (χ0n) is 15.7. The molecule has 0 amide bonds. The largest absolute Gasteiger partial charge is 0.497 e. The van der Waals surface area contributed by atoms with Gasteiger partial charge in [0.05, 0.1) is 25.0 Å². The van der Waals surface area contributed by atoms with Gasteiger partial charge in [-0.3, -0.25) is 4.79 Å². The fourth-order valence-corrected chi connectivity index (χ4v) is 3.57. The lowest BCUT2D eigenvalue weighted by atomic mass is 10.1. The van der Waals surface area contributed by atoms with E-state index in [1.807, 2.05) is 42.8 Å². The van der Waals surface area contributed by atoms with Crippen LogP contribution in [0.3, 0.4) is 0 Å². The van der Waals surface area contributed by atoms with Crippen LogP contribution in [0.2, 0.25) is 0 Å². The summed E-state index contributed by atoms with van der Waals surface area (Å²) < 4.78 is 12.4. The number of benzene rings is 2. The van der Waals surface area contributed by atoms with Gasteiger partial charge in [0.2, 0.25) is 0 Å². The topological polar surface area (TPSA) is 66.2 Å². The van der Waals surface area contributed by atoms with Gasteiger partial charge in [0.15, 0.2) is 16.8 Å². The summed E-state index contributed by atoms with van der Waals surface area (Å²) in [4.78, 5) is 12.7. The van der Waals surface area contributed by atoms with E-state index in [-0.39, 0.29) is 11.0 Å². The minimum atomic E-state index is -0.299. The summed E-state index contributed by atoms with van der Waals surface area (Å²) in [5.41, 5.74) is 1.50. The average molecular weight is 383 g/mol. The molecule has 1 unspecified atom stereocenters. The number of para-hydroxylation sites is 1. The molecule has 3 aromatic rings. The lowest BCUT2D eigenvalue weighted by molar-refractivity contribution is 0.0994. The Labute approximate surface area is 162 Å². The smallest absolute Gasteiger partial charge is 0.191 e. The molecule has 0 bridgehead atoms. The second-order valence-electron chi connectivity index (χ2n) is 5.92. The molecule has 2 aromatic carbocycles. The fourth-order valence-electron chi connectivity index (χ4n) is 2.68. The number of methoxy groups -OCH3 is 2. The van der Waals surface area contributed by atoms with E-state index < -0.39 is 0 Å². The second-order valence-corrected chi connectivity index (χ2v) is 7.23. The molecule has 27 heavy (non-hydrogen) atoms. The number of Topliss-reactive ketones (excluding diaryl/α,β-unsaturated/α-hetero) is 1. The Bertz CT molecular complexity index is 938. The van der Waals surface area contributed by atoms with Gasteiger partial charge in [-0.1, -0.05) is 23.9 Å². The number of aromatic nitrogens is 3. The van der Waals surface area contributed by atoms with Gasteiger partial charge in [-0.05, 0) is 43.3 Å². The number of carbonyl (C=O) groups is 1. The maximum atomic E-state index is 12.7. The quantitative estimate of drug-likeness (QED) is 0.456. The fraction of sp³-hybridized carbons (Fsp3) is 0.250. The van der Waals surface area contributed by atoms with E-state index in [4.69, 9.17) is 9.47 Å². The van der Waals surface area contributed by atoms with Gasteiger partial charge in [0, 0.05) is 12.6 Å². The maximum absolute atomic E-state index is 12.7. The zero-order chi connectivity index (χ0) is 19.4. The van der Waals surface area contributed by atoms with Crippen LogP contribution in [0.5, 0.6) is 11.5 Å². The molecule has 1 aromatic heterocycles. The molecule has 0 N–H and O–H groups in total. The maximum Gasteiger partial charge on any atom is 0.191 e. The second kappa shape index (κ2) is 8.26. The number of ketones is 1. The molecular weight excluding hydrogens is 362 g/mol. The Hall–Kier alpha value is -2.80. The van der Waals surface area contributed by atoms with Gasteiger partial charge in [-0.15, -0.1) is 10.2 Å². The van der Waals surface area contributed by atoms with Gasteiger partial charge in [0.1, 0.15) is 11.5 Å². The van der Waals surface area contributed by atoms with Gasteiger partial charge < -0.3 is 14.0 Å². The highest BCUT2D eigenvalue weighted by Crippen LogP contribution is 2.31. The minimum absolute atomic E-state index is 0.0319. The summed E-state index contributed by atoms with van der Waals surface area (Å²) in [5, 5.41) is 8.92. The van der Waals surface area contributed by atoms with Crippen molar-refractivity contribution in [2.24, 2.45) is 7.05 Å². The molecule has 1 atom stereocenters. The Morgan fingerprint density at radius 3 is 2.41 bits per heavy atom. The number of carbonyl (C=O) groups excluding carboxylic acids is 1. The third-order valence-electron chi connectivity index (χ3n) is 4.21. The van der Waals surface area contributed by atoms with Crippen molar-refractivity contribution in [1.82, 2.24) is 14.8 Å². The molecule has 6 nitrogen and oxygen atoms in total. The van der Waals surface area contributed by atoms with E-state index in [0.29, 0.717) is 16.5 Å². The van der Waals surface area contributed by atoms with Crippen LogP contribution in [0.4, 0.5) is 0 Å². The van der Waals surface area contributed by atoms with E-state index in [1.54, 1.807) is 38.5 Å². The average Bonchev–Trinajstić information content (AvgIpc) is 3.07. The molecule has 0 saturated heterocycles. The molecule has 0 saturated carbocycles. The van der Waals surface area contributed by atoms with Crippen molar-refractivity contribution in [3.63, 3.8) is 0 Å².